The minimum Gasteiger partial charge on any atom is -0.338 e. The summed E-state index contributed by atoms with van der Waals surface area (Å²) in [5, 5.41) is 6.82. The molecule has 0 radical (unpaired) electrons. The Morgan fingerprint density at radius 1 is 1.21 bits per heavy atom. The van der Waals surface area contributed by atoms with E-state index >= 15 is 0 Å². The van der Waals surface area contributed by atoms with Crippen LogP contribution in [0.5, 0.6) is 0 Å². The van der Waals surface area contributed by atoms with E-state index in [1.807, 2.05) is 12.1 Å². The first-order chi connectivity index (χ1) is 9.24. The lowest BCUT2D eigenvalue weighted by Crippen LogP contribution is -2.13. The van der Waals surface area contributed by atoms with Crippen molar-refractivity contribution in [2.24, 2.45) is 0 Å². The van der Waals surface area contributed by atoms with Gasteiger partial charge in [-0.05, 0) is 49.9 Å². The van der Waals surface area contributed by atoms with Gasteiger partial charge in [0.25, 0.3) is 5.91 Å². The number of rotatable bonds is 2. The zero-order chi connectivity index (χ0) is 13.2. The maximum Gasteiger partial charge on any atom is 0.258 e. The molecule has 19 heavy (non-hydrogen) atoms. The lowest BCUT2D eigenvalue weighted by atomic mass is 9.97. The van der Waals surface area contributed by atoms with Crippen molar-refractivity contribution in [2.75, 3.05) is 5.32 Å². The van der Waals surface area contributed by atoms with Gasteiger partial charge >= 0.3 is 0 Å². The SMILES string of the molecule is O=C(Nc1onc2c1CCCC2)c1ccc(Br)cc1. The molecule has 1 aliphatic carbocycles. The van der Waals surface area contributed by atoms with Crippen LogP contribution in [0.2, 0.25) is 0 Å². The summed E-state index contributed by atoms with van der Waals surface area (Å²) < 4.78 is 6.19. The molecule has 1 aromatic heterocycles. The third kappa shape index (κ3) is 2.56. The van der Waals surface area contributed by atoms with Crippen molar-refractivity contribution in [3.05, 3.63) is 45.6 Å². The van der Waals surface area contributed by atoms with E-state index in [9.17, 15) is 4.79 Å². The van der Waals surface area contributed by atoms with Gasteiger partial charge in [-0.2, -0.15) is 0 Å². The molecule has 1 N–H and O–H groups in total. The van der Waals surface area contributed by atoms with E-state index < -0.39 is 0 Å². The van der Waals surface area contributed by atoms with E-state index in [4.69, 9.17) is 4.52 Å². The molecule has 0 saturated heterocycles. The predicted octanol–water partition coefficient (Wildman–Crippen LogP) is 3.57. The molecular weight excluding hydrogens is 308 g/mol. The fourth-order valence-corrected chi connectivity index (χ4v) is 2.53. The van der Waals surface area contributed by atoms with Gasteiger partial charge in [0.05, 0.1) is 5.69 Å². The lowest BCUT2D eigenvalue weighted by Gasteiger charge is -2.09. The quantitative estimate of drug-likeness (QED) is 0.920. The Bertz CT molecular complexity index is 604. The molecule has 4 nitrogen and oxygen atoms in total. The highest BCUT2D eigenvalue weighted by molar-refractivity contribution is 9.10. The first-order valence-electron chi connectivity index (χ1n) is 6.28. The highest BCUT2D eigenvalue weighted by atomic mass is 79.9. The van der Waals surface area contributed by atoms with Crippen LogP contribution in [0.4, 0.5) is 5.88 Å². The van der Waals surface area contributed by atoms with Crippen LogP contribution >= 0.6 is 15.9 Å². The first-order valence-corrected chi connectivity index (χ1v) is 7.07. The highest BCUT2D eigenvalue weighted by Crippen LogP contribution is 2.27. The second-order valence-corrected chi connectivity index (χ2v) is 5.52. The van der Waals surface area contributed by atoms with E-state index in [0.29, 0.717) is 11.4 Å². The molecule has 1 amide bonds. The minimum absolute atomic E-state index is 0.169. The maximum atomic E-state index is 12.1. The Labute approximate surface area is 119 Å². The Morgan fingerprint density at radius 2 is 1.95 bits per heavy atom. The van der Waals surface area contributed by atoms with Gasteiger partial charge in [0.1, 0.15) is 0 Å². The molecule has 3 rings (SSSR count). The van der Waals surface area contributed by atoms with Gasteiger partial charge in [-0.3, -0.25) is 10.1 Å². The van der Waals surface area contributed by atoms with Crippen molar-refractivity contribution >= 4 is 27.7 Å². The molecule has 0 unspecified atom stereocenters. The van der Waals surface area contributed by atoms with Crippen molar-refractivity contribution in [3.8, 4) is 0 Å². The molecule has 2 aromatic rings. The largest absolute Gasteiger partial charge is 0.338 e. The van der Waals surface area contributed by atoms with E-state index in [1.165, 1.54) is 0 Å². The predicted molar refractivity (Wildman–Crippen MR) is 75.2 cm³/mol. The average Bonchev–Trinajstić information content (AvgIpc) is 2.83. The lowest BCUT2D eigenvalue weighted by molar-refractivity contribution is 0.102. The van der Waals surface area contributed by atoms with Crippen molar-refractivity contribution in [2.45, 2.75) is 25.7 Å². The van der Waals surface area contributed by atoms with Gasteiger partial charge in [-0.15, -0.1) is 0 Å². The summed E-state index contributed by atoms with van der Waals surface area (Å²) in [6.45, 7) is 0. The number of nitrogens with one attached hydrogen (secondary N) is 1. The summed E-state index contributed by atoms with van der Waals surface area (Å²) in [6.07, 6.45) is 4.12. The number of hydrogen-bond acceptors (Lipinski definition) is 3. The molecule has 0 bridgehead atoms. The summed E-state index contributed by atoms with van der Waals surface area (Å²) in [7, 11) is 0. The van der Waals surface area contributed by atoms with Crippen LogP contribution in [0.15, 0.2) is 33.3 Å². The number of aryl methyl sites for hydroxylation is 1. The third-order valence-electron chi connectivity index (χ3n) is 3.29. The minimum atomic E-state index is -0.169. The molecular formula is C14H13BrN2O2. The fraction of sp³-hybridized carbons (Fsp3) is 0.286. The van der Waals surface area contributed by atoms with Gasteiger partial charge in [-0.25, -0.2) is 0 Å². The molecule has 0 saturated carbocycles. The number of anilines is 1. The second-order valence-electron chi connectivity index (χ2n) is 4.61. The maximum absolute atomic E-state index is 12.1. The zero-order valence-corrected chi connectivity index (χ0v) is 11.9. The third-order valence-corrected chi connectivity index (χ3v) is 3.82. The van der Waals surface area contributed by atoms with Gasteiger partial charge < -0.3 is 4.52 Å². The Balaban J connectivity index is 1.79. The number of benzene rings is 1. The van der Waals surface area contributed by atoms with Crippen molar-refractivity contribution in [3.63, 3.8) is 0 Å². The van der Waals surface area contributed by atoms with Crippen LogP contribution in [0.1, 0.15) is 34.5 Å². The molecule has 1 aliphatic rings. The summed E-state index contributed by atoms with van der Waals surface area (Å²) in [4.78, 5) is 12.1. The monoisotopic (exact) mass is 320 g/mol. The second kappa shape index (κ2) is 5.17. The Kier molecular flexibility index (Phi) is 3.38. The smallest absolute Gasteiger partial charge is 0.258 e. The number of carbonyl (C=O) groups is 1. The molecule has 5 heteroatoms. The number of halogens is 1. The normalized spacial score (nSPS) is 13.9. The molecule has 0 atom stereocenters. The van der Waals surface area contributed by atoms with E-state index in [0.717, 1.165) is 41.4 Å². The van der Waals surface area contributed by atoms with Crippen molar-refractivity contribution < 1.29 is 9.32 Å². The summed E-state index contributed by atoms with van der Waals surface area (Å²) in [5.74, 6) is 0.333. The van der Waals surface area contributed by atoms with Crippen molar-refractivity contribution in [1.29, 1.82) is 0 Å². The first kappa shape index (κ1) is 12.4. The molecule has 1 aromatic carbocycles. The molecule has 0 spiro atoms. The number of carbonyl (C=O) groups excluding carboxylic acids is 1. The van der Waals surface area contributed by atoms with Crippen molar-refractivity contribution in [1.82, 2.24) is 5.16 Å². The van der Waals surface area contributed by atoms with Gasteiger partial charge in [-0.1, -0.05) is 21.1 Å². The Morgan fingerprint density at radius 3 is 2.74 bits per heavy atom. The van der Waals surface area contributed by atoms with Gasteiger partial charge in [0.2, 0.25) is 5.88 Å². The van der Waals surface area contributed by atoms with Crippen LogP contribution in [0, 0.1) is 0 Å². The fourth-order valence-electron chi connectivity index (χ4n) is 2.27. The van der Waals surface area contributed by atoms with Crippen LogP contribution in [0.25, 0.3) is 0 Å². The summed E-state index contributed by atoms with van der Waals surface area (Å²) >= 11 is 3.34. The average molecular weight is 321 g/mol. The number of aromatic nitrogens is 1. The number of nitrogens with zero attached hydrogens (tertiary/aromatic N) is 1. The topological polar surface area (TPSA) is 55.1 Å². The molecule has 98 valence electrons. The number of hydrogen-bond donors (Lipinski definition) is 1. The standard InChI is InChI=1S/C14H13BrN2O2/c15-10-7-5-9(6-8-10)13(18)16-14-11-3-1-2-4-12(11)17-19-14/h5-8H,1-4H2,(H,16,18). The molecule has 1 heterocycles. The van der Waals surface area contributed by atoms with E-state index in [2.05, 4.69) is 26.4 Å². The van der Waals surface area contributed by atoms with E-state index in [1.54, 1.807) is 12.1 Å². The van der Waals surface area contributed by atoms with Crippen LogP contribution in [-0.2, 0) is 12.8 Å². The van der Waals surface area contributed by atoms with Crippen LogP contribution < -0.4 is 5.32 Å². The highest BCUT2D eigenvalue weighted by Gasteiger charge is 2.20. The number of fused-ring (bicyclic) bond motifs is 1. The van der Waals surface area contributed by atoms with Gasteiger partial charge in [0.15, 0.2) is 0 Å². The van der Waals surface area contributed by atoms with Crippen LogP contribution in [0.3, 0.4) is 0 Å². The van der Waals surface area contributed by atoms with E-state index in [-0.39, 0.29) is 5.91 Å². The molecule has 0 fully saturated rings. The van der Waals surface area contributed by atoms with Gasteiger partial charge in [0, 0.05) is 15.6 Å². The molecule has 0 aliphatic heterocycles. The zero-order valence-electron chi connectivity index (χ0n) is 10.3. The summed E-state index contributed by atoms with van der Waals surface area (Å²) in [6, 6.07) is 7.21. The summed E-state index contributed by atoms with van der Waals surface area (Å²) in [5.41, 5.74) is 2.64. The number of amides is 1. The Hall–Kier alpha value is -1.62. The van der Waals surface area contributed by atoms with Crippen LogP contribution in [-0.4, -0.2) is 11.1 Å².